The molecule has 0 unspecified atom stereocenters. The van der Waals surface area contributed by atoms with E-state index in [4.69, 9.17) is 10.00 Å². The van der Waals surface area contributed by atoms with Crippen molar-refractivity contribution >= 4 is 21.6 Å². The van der Waals surface area contributed by atoms with Gasteiger partial charge in [-0.1, -0.05) is 15.9 Å². The molecule has 0 aliphatic rings. The van der Waals surface area contributed by atoms with Gasteiger partial charge in [-0.3, -0.25) is 5.32 Å². The van der Waals surface area contributed by atoms with E-state index in [1.165, 1.54) is 0 Å². The zero-order chi connectivity index (χ0) is 8.97. The van der Waals surface area contributed by atoms with Gasteiger partial charge in [0.25, 0.3) is 0 Å². The van der Waals surface area contributed by atoms with Crippen LogP contribution in [-0.2, 0) is 0 Å². The highest BCUT2D eigenvalue weighted by Gasteiger charge is 1.97. The summed E-state index contributed by atoms with van der Waals surface area (Å²) in [5, 5.41) is 10.9. The first kappa shape index (κ1) is 8.88. The molecule has 0 saturated carbocycles. The Hall–Kier alpha value is -1.21. The van der Waals surface area contributed by atoms with E-state index in [1.54, 1.807) is 19.2 Å². The maximum Gasteiger partial charge on any atom is 0.181 e. The standard InChI is InChI=1S/C8H7BrN2O/c1-12-8-3-6(9)2-7(4-8)11-5-10/h2-4,11H,1H3. The maximum atomic E-state index is 8.36. The number of anilines is 1. The lowest BCUT2D eigenvalue weighted by Gasteiger charge is -2.03. The molecular weight excluding hydrogens is 220 g/mol. The first-order valence-electron chi connectivity index (χ1n) is 3.26. The van der Waals surface area contributed by atoms with Crippen molar-refractivity contribution in [1.82, 2.24) is 0 Å². The fraction of sp³-hybridized carbons (Fsp3) is 0.125. The Kier molecular flexibility index (Phi) is 2.94. The number of methoxy groups -OCH3 is 1. The molecule has 1 rings (SSSR count). The molecule has 1 aromatic rings. The topological polar surface area (TPSA) is 45.0 Å². The van der Waals surface area contributed by atoms with Crippen LogP contribution in [0.2, 0.25) is 0 Å². The molecule has 12 heavy (non-hydrogen) atoms. The Morgan fingerprint density at radius 3 is 2.83 bits per heavy atom. The summed E-state index contributed by atoms with van der Waals surface area (Å²) in [5.41, 5.74) is 0.712. The zero-order valence-electron chi connectivity index (χ0n) is 6.47. The van der Waals surface area contributed by atoms with Crippen molar-refractivity contribution in [3.63, 3.8) is 0 Å². The summed E-state index contributed by atoms with van der Waals surface area (Å²) < 4.78 is 5.88. The molecule has 0 aliphatic heterocycles. The minimum Gasteiger partial charge on any atom is -0.497 e. The zero-order valence-corrected chi connectivity index (χ0v) is 8.05. The lowest BCUT2D eigenvalue weighted by molar-refractivity contribution is 0.415. The number of hydrogen-bond acceptors (Lipinski definition) is 3. The van der Waals surface area contributed by atoms with Crippen molar-refractivity contribution in [3.8, 4) is 11.9 Å². The smallest absolute Gasteiger partial charge is 0.181 e. The summed E-state index contributed by atoms with van der Waals surface area (Å²) in [5.74, 6) is 0.710. The van der Waals surface area contributed by atoms with Crippen LogP contribution in [0.3, 0.4) is 0 Å². The summed E-state index contributed by atoms with van der Waals surface area (Å²) in [6.45, 7) is 0. The molecule has 0 aromatic heterocycles. The largest absolute Gasteiger partial charge is 0.497 e. The van der Waals surface area contributed by atoms with Gasteiger partial charge in [0.1, 0.15) is 5.75 Å². The Balaban J connectivity index is 2.99. The molecule has 0 bridgehead atoms. The van der Waals surface area contributed by atoms with E-state index in [9.17, 15) is 0 Å². The van der Waals surface area contributed by atoms with E-state index in [1.807, 2.05) is 12.3 Å². The molecule has 0 spiro atoms. The van der Waals surface area contributed by atoms with Crippen LogP contribution in [0.15, 0.2) is 22.7 Å². The minimum absolute atomic E-state index is 0.710. The minimum atomic E-state index is 0.710. The second-order valence-corrected chi connectivity index (χ2v) is 3.03. The summed E-state index contributed by atoms with van der Waals surface area (Å²) in [6, 6.07) is 5.36. The predicted octanol–water partition coefficient (Wildman–Crippen LogP) is 2.35. The lowest BCUT2D eigenvalue weighted by Crippen LogP contribution is -1.89. The van der Waals surface area contributed by atoms with Crippen molar-refractivity contribution in [2.24, 2.45) is 0 Å². The van der Waals surface area contributed by atoms with Gasteiger partial charge >= 0.3 is 0 Å². The fourth-order valence-electron chi connectivity index (χ4n) is 0.817. The molecule has 0 fully saturated rings. The summed E-state index contributed by atoms with van der Waals surface area (Å²) in [4.78, 5) is 0. The Bertz CT molecular complexity index is 319. The summed E-state index contributed by atoms with van der Waals surface area (Å²) in [6.07, 6.45) is 1.84. The Labute approximate surface area is 79.1 Å². The van der Waals surface area contributed by atoms with Gasteiger partial charge < -0.3 is 4.74 Å². The van der Waals surface area contributed by atoms with Crippen molar-refractivity contribution in [2.75, 3.05) is 12.4 Å². The van der Waals surface area contributed by atoms with Crippen LogP contribution in [0, 0.1) is 11.5 Å². The van der Waals surface area contributed by atoms with Crippen LogP contribution < -0.4 is 10.1 Å². The van der Waals surface area contributed by atoms with Crippen LogP contribution in [0.5, 0.6) is 5.75 Å². The fourth-order valence-corrected chi connectivity index (χ4v) is 1.29. The maximum absolute atomic E-state index is 8.36. The van der Waals surface area contributed by atoms with Crippen molar-refractivity contribution in [1.29, 1.82) is 5.26 Å². The Morgan fingerprint density at radius 2 is 2.25 bits per heavy atom. The lowest BCUT2D eigenvalue weighted by atomic mass is 10.3. The SMILES string of the molecule is COc1cc(Br)cc(NC#N)c1. The van der Waals surface area contributed by atoms with Crippen LogP contribution >= 0.6 is 15.9 Å². The van der Waals surface area contributed by atoms with Gasteiger partial charge in [-0.15, -0.1) is 0 Å². The van der Waals surface area contributed by atoms with Crippen molar-refractivity contribution < 1.29 is 4.74 Å². The molecule has 0 aliphatic carbocycles. The van der Waals surface area contributed by atoms with E-state index in [0.29, 0.717) is 11.4 Å². The normalized spacial score (nSPS) is 8.75. The highest BCUT2D eigenvalue weighted by molar-refractivity contribution is 9.10. The number of halogens is 1. The molecule has 3 nitrogen and oxygen atoms in total. The van der Waals surface area contributed by atoms with E-state index in [0.717, 1.165) is 4.47 Å². The highest BCUT2D eigenvalue weighted by Crippen LogP contribution is 2.23. The average Bonchev–Trinajstić information content (AvgIpc) is 2.04. The first-order valence-corrected chi connectivity index (χ1v) is 4.05. The second kappa shape index (κ2) is 3.98. The average molecular weight is 227 g/mol. The molecule has 0 heterocycles. The van der Waals surface area contributed by atoms with E-state index >= 15 is 0 Å². The van der Waals surface area contributed by atoms with Gasteiger partial charge in [0.05, 0.1) is 12.8 Å². The van der Waals surface area contributed by atoms with Crippen LogP contribution in [0.4, 0.5) is 5.69 Å². The van der Waals surface area contributed by atoms with E-state index < -0.39 is 0 Å². The predicted molar refractivity (Wildman–Crippen MR) is 49.9 cm³/mol. The van der Waals surface area contributed by atoms with Crippen LogP contribution in [0.1, 0.15) is 0 Å². The highest BCUT2D eigenvalue weighted by atomic mass is 79.9. The Morgan fingerprint density at radius 1 is 1.50 bits per heavy atom. The van der Waals surface area contributed by atoms with Crippen molar-refractivity contribution in [2.45, 2.75) is 0 Å². The van der Waals surface area contributed by atoms with Gasteiger partial charge in [0.15, 0.2) is 6.19 Å². The molecule has 0 radical (unpaired) electrons. The molecule has 1 N–H and O–H groups in total. The van der Waals surface area contributed by atoms with E-state index in [2.05, 4.69) is 21.2 Å². The van der Waals surface area contributed by atoms with Crippen LogP contribution in [-0.4, -0.2) is 7.11 Å². The van der Waals surface area contributed by atoms with Crippen LogP contribution in [0.25, 0.3) is 0 Å². The third-order valence-electron chi connectivity index (χ3n) is 1.31. The molecule has 4 heteroatoms. The first-order chi connectivity index (χ1) is 5.76. The molecular formula is C8H7BrN2O. The monoisotopic (exact) mass is 226 g/mol. The number of nitriles is 1. The number of hydrogen-bond donors (Lipinski definition) is 1. The molecule has 0 amide bonds. The molecule has 0 saturated heterocycles. The summed E-state index contributed by atoms with van der Waals surface area (Å²) >= 11 is 3.29. The quantitative estimate of drug-likeness (QED) is 0.623. The third-order valence-corrected chi connectivity index (χ3v) is 1.77. The van der Waals surface area contributed by atoms with Crippen molar-refractivity contribution in [3.05, 3.63) is 22.7 Å². The van der Waals surface area contributed by atoms with Gasteiger partial charge in [0.2, 0.25) is 0 Å². The number of benzene rings is 1. The molecule has 1 aromatic carbocycles. The summed E-state index contributed by atoms with van der Waals surface area (Å²) in [7, 11) is 1.58. The van der Waals surface area contributed by atoms with Gasteiger partial charge in [-0.25, -0.2) is 0 Å². The number of rotatable bonds is 2. The van der Waals surface area contributed by atoms with E-state index in [-0.39, 0.29) is 0 Å². The second-order valence-electron chi connectivity index (χ2n) is 2.12. The van der Waals surface area contributed by atoms with Gasteiger partial charge in [-0.2, -0.15) is 5.26 Å². The third kappa shape index (κ3) is 2.14. The van der Waals surface area contributed by atoms with Gasteiger partial charge in [0, 0.05) is 10.5 Å². The van der Waals surface area contributed by atoms with Gasteiger partial charge in [-0.05, 0) is 12.1 Å². The number of nitrogens with zero attached hydrogens (tertiary/aromatic N) is 1. The molecule has 0 atom stereocenters. The number of nitrogens with one attached hydrogen (secondary N) is 1. The number of ether oxygens (including phenoxy) is 1. The molecule has 62 valence electrons.